The third-order valence-corrected chi connectivity index (χ3v) is 4.88. The second-order valence-corrected chi connectivity index (χ2v) is 7.10. The number of benzene rings is 2. The quantitative estimate of drug-likeness (QED) is 0.733. The topological polar surface area (TPSA) is 41.6 Å². The van der Waals surface area contributed by atoms with Crippen molar-refractivity contribution in [3.8, 4) is 0 Å². The van der Waals surface area contributed by atoms with E-state index in [0.717, 1.165) is 42.0 Å². The van der Waals surface area contributed by atoms with Gasteiger partial charge in [-0.05, 0) is 52.4 Å². The van der Waals surface area contributed by atoms with Gasteiger partial charge in [-0.25, -0.2) is 0 Å². The van der Waals surface area contributed by atoms with Crippen LogP contribution in [0.15, 0.2) is 54.6 Å². The molecule has 2 aromatic carbocycles. The van der Waals surface area contributed by atoms with Crippen molar-refractivity contribution in [2.24, 2.45) is 0 Å². The van der Waals surface area contributed by atoms with Crippen LogP contribution >= 0.6 is 22.6 Å². The molecule has 1 fully saturated rings. The van der Waals surface area contributed by atoms with Gasteiger partial charge >= 0.3 is 0 Å². The minimum absolute atomic E-state index is 0.0314. The van der Waals surface area contributed by atoms with Gasteiger partial charge in [-0.3, -0.25) is 9.69 Å². The lowest BCUT2D eigenvalue weighted by atomic mass is 10.1. The van der Waals surface area contributed by atoms with Gasteiger partial charge < -0.3 is 10.1 Å². The van der Waals surface area contributed by atoms with Crippen LogP contribution < -0.4 is 5.32 Å². The van der Waals surface area contributed by atoms with Gasteiger partial charge in [0.25, 0.3) is 5.91 Å². The Bertz CT molecular complexity index is 655. The molecule has 0 aromatic heterocycles. The summed E-state index contributed by atoms with van der Waals surface area (Å²) in [6.45, 7) is 4.12. The SMILES string of the molecule is O=C(N[C@@H](CN1CCOCC1)c1ccccc1)c1ccc(I)cc1. The number of hydrogen-bond donors (Lipinski definition) is 1. The Labute approximate surface area is 156 Å². The van der Waals surface area contributed by atoms with Crippen LogP contribution in [-0.2, 0) is 4.74 Å². The molecule has 1 aliphatic heterocycles. The molecule has 1 heterocycles. The van der Waals surface area contributed by atoms with Crippen molar-refractivity contribution in [3.63, 3.8) is 0 Å². The van der Waals surface area contributed by atoms with E-state index in [1.807, 2.05) is 42.5 Å². The molecule has 5 heteroatoms. The second kappa shape index (κ2) is 8.60. The lowest BCUT2D eigenvalue weighted by molar-refractivity contribution is 0.0332. The number of rotatable bonds is 5. The Balaban J connectivity index is 1.73. The lowest BCUT2D eigenvalue weighted by Gasteiger charge is -2.31. The van der Waals surface area contributed by atoms with Crippen LogP contribution in [0, 0.1) is 3.57 Å². The van der Waals surface area contributed by atoms with E-state index in [9.17, 15) is 4.79 Å². The van der Waals surface area contributed by atoms with Crippen LogP contribution in [0.3, 0.4) is 0 Å². The normalized spacial score (nSPS) is 16.5. The number of nitrogens with one attached hydrogen (secondary N) is 1. The molecule has 0 bridgehead atoms. The number of morpholine rings is 1. The van der Waals surface area contributed by atoms with Gasteiger partial charge in [0, 0.05) is 28.8 Å². The molecule has 0 saturated carbocycles. The summed E-state index contributed by atoms with van der Waals surface area (Å²) in [4.78, 5) is 15.0. The van der Waals surface area contributed by atoms with Crippen molar-refractivity contribution in [2.45, 2.75) is 6.04 Å². The molecule has 24 heavy (non-hydrogen) atoms. The lowest BCUT2D eigenvalue weighted by Crippen LogP contribution is -2.43. The zero-order chi connectivity index (χ0) is 16.8. The van der Waals surface area contributed by atoms with E-state index in [-0.39, 0.29) is 11.9 Å². The largest absolute Gasteiger partial charge is 0.379 e. The Hall–Kier alpha value is -1.44. The first kappa shape index (κ1) is 17.4. The average Bonchev–Trinajstić information content (AvgIpc) is 2.63. The minimum atomic E-state index is -0.0338. The van der Waals surface area contributed by atoms with E-state index in [0.29, 0.717) is 5.56 Å². The van der Waals surface area contributed by atoms with Crippen molar-refractivity contribution in [2.75, 3.05) is 32.8 Å². The molecule has 1 N–H and O–H groups in total. The molecule has 0 radical (unpaired) electrons. The first-order valence-corrected chi connectivity index (χ1v) is 9.22. The monoisotopic (exact) mass is 436 g/mol. The molecule has 0 aliphatic carbocycles. The van der Waals surface area contributed by atoms with Crippen molar-refractivity contribution in [3.05, 3.63) is 69.3 Å². The van der Waals surface area contributed by atoms with Gasteiger partial charge in [-0.15, -0.1) is 0 Å². The zero-order valence-corrected chi connectivity index (χ0v) is 15.6. The first-order valence-electron chi connectivity index (χ1n) is 8.14. The summed E-state index contributed by atoms with van der Waals surface area (Å²) in [6.07, 6.45) is 0. The van der Waals surface area contributed by atoms with Crippen molar-refractivity contribution < 1.29 is 9.53 Å². The van der Waals surface area contributed by atoms with Crippen molar-refractivity contribution in [1.29, 1.82) is 0 Å². The van der Waals surface area contributed by atoms with Gasteiger partial charge in [0.1, 0.15) is 0 Å². The van der Waals surface area contributed by atoms with Gasteiger partial charge in [0.2, 0.25) is 0 Å². The highest BCUT2D eigenvalue weighted by atomic mass is 127. The van der Waals surface area contributed by atoms with Crippen LogP contribution in [0.2, 0.25) is 0 Å². The third kappa shape index (κ3) is 4.78. The van der Waals surface area contributed by atoms with E-state index < -0.39 is 0 Å². The second-order valence-electron chi connectivity index (χ2n) is 5.86. The maximum Gasteiger partial charge on any atom is 0.251 e. The van der Waals surface area contributed by atoms with Gasteiger partial charge in [0.15, 0.2) is 0 Å². The fourth-order valence-electron chi connectivity index (χ4n) is 2.80. The van der Waals surface area contributed by atoms with Crippen LogP contribution in [0.4, 0.5) is 0 Å². The molecule has 1 aliphatic rings. The molecule has 2 aromatic rings. The highest BCUT2D eigenvalue weighted by Crippen LogP contribution is 2.16. The Kier molecular flexibility index (Phi) is 6.23. The van der Waals surface area contributed by atoms with Crippen LogP contribution in [-0.4, -0.2) is 43.7 Å². The summed E-state index contributed by atoms with van der Waals surface area (Å²) in [7, 11) is 0. The maximum atomic E-state index is 12.6. The standard InChI is InChI=1S/C19H21IN2O2/c20-17-8-6-16(7-9-17)19(23)21-18(15-4-2-1-3-5-15)14-22-10-12-24-13-11-22/h1-9,18H,10-14H2,(H,21,23)/t18-/m0/s1. The Morgan fingerprint density at radius 2 is 1.75 bits per heavy atom. The first-order chi connectivity index (χ1) is 11.7. The zero-order valence-electron chi connectivity index (χ0n) is 13.5. The summed E-state index contributed by atoms with van der Waals surface area (Å²) in [5.74, 6) is -0.0338. The van der Waals surface area contributed by atoms with E-state index >= 15 is 0 Å². The predicted octanol–water partition coefficient (Wildman–Crippen LogP) is 3.09. The van der Waals surface area contributed by atoms with Gasteiger partial charge in [-0.1, -0.05) is 30.3 Å². The van der Waals surface area contributed by atoms with E-state index in [1.165, 1.54) is 0 Å². The Morgan fingerprint density at radius 3 is 2.42 bits per heavy atom. The molecule has 1 saturated heterocycles. The van der Waals surface area contributed by atoms with Crippen LogP contribution in [0.25, 0.3) is 0 Å². The van der Waals surface area contributed by atoms with Crippen LogP contribution in [0.5, 0.6) is 0 Å². The number of carbonyl (C=O) groups excluding carboxylic acids is 1. The highest BCUT2D eigenvalue weighted by Gasteiger charge is 2.20. The van der Waals surface area contributed by atoms with Crippen molar-refractivity contribution in [1.82, 2.24) is 10.2 Å². The number of nitrogens with zero attached hydrogens (tertiary/aromatic N) is 1. The Morgan fingerprint density at radius 1 is 1.08 bits per heavy atom. The highest BCUT2D eigenvalue weighted by molar-refractivity contribution is 14.1. The molecule has 1 amide bonds. The van der Waals surface area contributed by atoms with Crippen molar-refractivity contribution >= 4 is 28.5 Å². The fourth-order valence-corrected chi connectivity index (χ4v) is 3.16. The molecule has 0 unspecified atom stereocenters. The number of amides is 1. The summed E-state index contributed by atoms with van der Waals surface area (Å²) < 4.78 is 6.54. The minimum Gasteiger partial charge on any atom is -0.379 e. The maximum absolute atomic E-state index is 12.6. The van der Waals surface area contributed by atoms with E-state index in [2.05, 4.69) is 44.9 Å². The average molecular weight is 436 g/mol. The molecule has 126 valence electrons. The predicted molar refractivity (Wildman–Crippen MR) is 103 cm³/mol. The molecule has 4 nitrogen and oxygen atoms in total. The summed E-state index contributed by atoms with van der Waals surface area (Å²) in [6, 6.07) is 17.8. The molecular formula is C19H21IN2O2. The van der Waals surface area contributed by atoms with Gasteiger partial charge in [-0.2, -0.15) is 0 Å². The molecule has 0 spiro atoms. The third-order valence-electron chi connectivity index (χ3n) is 4.16. The number of carbonyl (C=O) groups is 1. The summed E-state index contributed by atoms with van der Waals surface area (Å²) in [5, 5.41) is 3.19. The molecule has 3 rings (SSSR count). The number of hydrogen-bond acceptors (Lipinski definition) is 3. The molecular weight excluding hydrogens is 415 g/mol. The van der Waals surface area contributed by atoms with Crippen LogP contribution in [0.1, 0.15) is 22.0 Å². The summed E-state index contributed by atoms with van der Waals surface area (Å²) in [5.41, 5.74) is 1.82. The fraction of sp³-hybridized carbons (Fsp3) is 0.316. The van der Waals surface area contributed by atoms with E-state index in [4.69, 9.17) is 4.74 Å². The number of ether oxygens (including phenoxy) is 1. The molecule has 1 atom stereocenters. The smallest absolute Gasteiger partial charge is 0.251 e. The number of halogens is 1. The van der Waals surface area contributed by atoms with E-state index in [1.54, 1.807) is 0 Å². The summed E-state index contributed by atoms with van der Waals surface area (Å²) >= 11 is 2.24. The van der Waals surface area contributed by atoms with Gasteiger partial charge in [0.05, 0.1) is 19.3 Å².